The number of hydrogen-bond donors (Lipinski definition) is 0. The molecule has 0 saturated carbocycles. The fourth-order valence-corrected chi connectivity index (χ4v) is 2.46. The number of aromatic nitrogens is 4. The van der Waals surface area contributed by atoms with Crippen LogP contribution in [0, 0.1) is 0 Å². The van der Waals surface area contributed by atoms with Gasteiger partial charge < -0.3 is 0 Å². The van der Waals surface area contributed by atoms with Gasteiger partial charge in [-0.05, 0) is 17.6 Å². The first-order valence-electron chi connectivity index (χ1n) is 6.52. The quantitative estimate of drug-likeness (QED) is 0.422. The molecule has 0 saturated heterocycles. The summed E-state index contributed by atoms with van der Waals surface area (Å²) in [5.74, 6) is 0.656. The van der Waals surface area contributed by atoms with Crippen LogP contribution in [0.5, 0.6) is 0 Å². The minimum atomic E-state index is -3.36. The van der Waals surface area contributed by atoms with Crippen LogP contribution < -0.4 is 4.68 Å². The van der Waals surface area contributed by atoms with Gasteiger partial charge in [-0.2, -0.15) is 8.42 Å². The van der Waals surface area contributed by atoms with Crippen molar-refractivity contribution >= 4 is 10.1 Å². The van der Waals surface area contributed by atoms with Gasteiger partial charge in [0.25, 0.3) is 10.1 Å². The Kier molecular flexibility index (Phi) is 5.29. The maximum absolute atomic E-state index is 11.2. The fourth-order valence-electron chi connectivity index (χ4n) is 1.73. The molecule has 0 N–H and O–H groups in total. The van der Waals surface area contributed by atoms with Crippen LogP contribution in [0.15, 0.2) is 36.9 Å². The number of rotatable bonds is 7. The van der Waals surface area contributed by atoms with Crippen LogP contribution in [0.3, 0.4) is 0 Å². The van der Waals surface area contributed by atoms with Gasteiger partial charge in [0.05, 0.1) is 12.9 Å². The van der Waals surface area contributed by atoms with Crippen molar-refractivity contribution < 1.29 is 17.3 Å². The molecule has 0 aliphatic rings. The van der Waals surface area contributed by atoms with Crippen molar-refractivity contribution in [3.05, 3.63) is 36.9 Å². The molecular weight excluding hydrogens is 292 g/mol. The van der Waals surface area contributed by atoms with Crippen molar-refractivity contribution in [3.8, 4) is 11.4 Å². The van der Waals surface area contributed by atoms with E-state index in [1.165, 1.54) is 7.11 Å². The van der Waals surface area contributed by atoms with E-state index in [0.29, 0.717) is 25.2 Å². The summed E-state index contributed by atoms with van der Waals surface area (Å²) in [5.41, 5.74) is 0.841. The number of aryl methyl sites for hydroxylation is 1. The molecule has 2 aromatic rings. The fraction of sp³-hybridized carbons (Fsp3) is 0.385. The van der Waals surface area contributed by atoms with Crippen LogP contribution in [-0.2, 0) is 20.8 Å². The predicted molar refractivity (Wildman–Crippen MR) is 75.5 cm³/mol. The summed E-state index contributed by atoms with van der Waals surface area (Å²) in [5, 5.41) is 4.27. The number of hydrogen-bond acceptors (Lipinski definition) is 6. The van der Waals surface area contributed by atoms with Gasteiger partial charge in [-0.1, -0.05) is 4.68 Å². The highest BCUT2D eigenvalue weighted by Gasteiger charge is 2.10. The van der Waals surface area contributed by atoms with E-state index < -0.39 is 10.1 Å². The average Bonchev–Trinajstić information content (AvgIpc) is 2.53. The van der Waals surface area contributed by atoms with E-state index in [0.717, 1.165) is 5.56 Å². The van der Waals surface area contributed by atoms with Crippen molar-refractivity contribution in [3.63, 3.8) is 0 Å². The average molecular weight is 309 g/mol. The monoisotopic (exact) mass is 309 g/mol. The highest BCUT2D eigenvalue weighted by molar-refractivity contribution is 7.86. The molecule has 0 spiro atoms. The third-order valence-electron chi connectivity index (χ3n) is 2.88. The van der Waals surface area contributed by atoms with Gasteiger partial charge in [-0.25, -0.2) is 9.97 Å². The van der Waals surface area contributed by atoms with Gasteiger partial charge in [0.15, 0.2) is 18.6 Å². The zero-order chi connectivity index (χ0) is 15.1. The Morgan fingerprint density at radius 1 is 1.24 bits per heavy atom. The van der Waals surface area contributed by atoms with E-state index in [4.69, 9.17) is 0 Å². The summed E-state index contributed by atoms with van der Waals surface area (Å²) >= 11 is 0. The minimum absolute atomic E-state index is 0.0278. The molecule has 112 valence electrons. The molecule has 2 heterocycles. The van der Waals surface area contributed by atoms with E-state index in [-0.39, 0.29) is 5.75 Å². The highest BCUT2D eigenvalue weighted by atomic mass is 32.2. The van der Waals surface area contributed by atoms with Crippen LogP contribution in [0.2, 0.25) is 0 Å². The van der Waals surface area contributed by atoms with Gasteiger partial charge >= 0.3 is 0 Å². The van der Waals surface area contributed by atoms with E-state index in [9.17, 15) is 8.42 Å². The Bertz CT molecular complexity index is 660. The second-order valence-electron chi connectivity index (χ2n) is 4.39. The second-order valence-corrected chi connectivity index (χ2v) is 6.24. The molecule has 7 nitrogen and oxygen atoms in total. The molecule has 0 unspecified atom stereocenters. The molecule has 0 amide bonds. The maximum atomic E-state index is 11.2. The first kappa shape index (κ1) is 15.5. The molecular formula is C13H17N4O3S+. The third-order valence-corrected chi connectivity index (χ3v) is 4.18. The maximum Gasteiger partial charge on any atom is 0.267 e. The van der Waals surface area contributed by atoms with Crippen LogP contribution in [0.4, 0.5) is 0 Å². The second kappa shape index (κ2) is 7.19. The van der Waals surface area contributed by atoms with Crippen molar-refractivity contribution in [2.75, 3.05) is 12.9 Å². The molecule has 0 aromatic carbocycles. The Labute approximate surface area is 123 Å². The zero-order valence-electron chi connectivity index (χ0n) is 11.7. The third kappa shape index (κ3) is 4.83. The molecule has 8 heteroatoms. The molecule has 21 heavy (non-hydrogen) atoms. The van der Waals surface area contributed by atoms with Gasteiger partial charge in [0.2, 0.25) is 0 Å². The standard InChI is InChI=1S/C13H17N4O3S/c1-20-21(18,19)10-3-2-8-17-9-5-12(11-16-17)13-14-6-4-7-15-13/h4-7,9,11H,2-3,8,10H2,1H3/q+1. The van der Waals surface area contributed by atoms with E-state index in [1.807, 2.05) is 12.3 Å². The summed E-state index contributed by atoms with van der Waals surface area (Å²) in [7, 11) is -2.19. The number of unbranched alkanes of at least 4 members (excludes halogenated alkanes) is 1. The molecule has 0 fully saturated rings. The van der Waals surface area contributed by atoms with Crippen LogP contribution in [0.25, 0.3) is 11.4 Å². The Balaban J connectivity index is 1.86. The molecule has 0 bridgehead atoms. The van der Waals surface area contributed by atoms with E-state index in [2.05, 4.69) is 19.2 Å². The SMILES string of the molecule is COS(=O)(=O)CCCC[n+]1ccc(-c2ncccn2)cn1. The van der Waals surface area contributed by atoms with E-state index >= 15 is 0 Å². The summed E-state index contributed by atoms with van der Waals surface area (Å²) < 4.78 is 28.5. The van der Waals surface area contributed by atoms with Crippen LogP contribution >= 0.6 is 0 Å². The first-order chi connectivity index (χ1) is 10.1. The lowest BCUT2D eigenvalue weighted by molar-refractivity contribution is -0.754. The van der Waals surface area contributed by atoms with Gasteiger partial charge in [0.1, 0.15) is 6.20 Å². The first-order valence-corrected chi connectivity index (χ1v) is 8.10. The summed E-state index contributed by atoms with van der Waals surface area (Å²) in [6.45, 7) is 0.648. The Hall–Kier alpha value is -1.93. The molecule has 0 atom stereocenters. The van der Waals surface area contributed by atoms with Gasteiger partial charge in [-0.15, -0.1) is 0 Å². The van der Waals surface area contributed by atoms with Crippen molar-refractivity contribution in [1.29, 1.82) is 0 Å². The minimum Gasteiger partial charge on any atom is -0.273 e. The van der Waals surface area contributed by atoms with E-state index in [1.54, 1.807) is 29.3 Å². The Morgan fingerprint density at radius 2 is 2.00 bits per heavy atom. The summed E-state index contributed by atoms with van der Waals surface area (Å²) in [6, 6.07) is 3.64. The zero-order valence-corrected chi connectivity index (χ0v) is 12.5. The smallest absolute Gasteiger partial charge is 0.267 e. The lowest BCUT2D eigenvalue weighted by Crippen LogP contribution is -2.37. The van der Waals surface area contributed by atoms with Crippen molar-refractivity contribution in [2.24, 2.45) is 0 Å². The van der Waals surface area contributed by atoms with Crippen molar-refractivity contribution in [1.82, 2.24) is 15.1 Å². The summed E-state index contributed by atoms with van der Waals surface area (Å²) in [4.78, 5) is 8.30. The molecule has 0 aliphatic heterocycles. The number of nitrogens with zero attached hydrogens (tertiary/aromatic N) is 4. The van der Waals surface area contributed by atoms with Crippen LogP contribution in [0.1, 0.15) is 12.8 Å². The highest BCUT2D eigenvalue weighted by Crippen LogP contribution is 2.09. The Morgan fingerprint density at radius 3 is 2.62 bits per heavy atom. The topological polar surface area (TPSA) is 85.9 Å². The predicted octanol–water partition coefficient (Wildman–Crippen LogP) is 0.582. The molecule has 0 aliphatic carbocycles. The lowest BCUT2D eigenvalue weighted by atomic mass is 10.3. The van der Waals surface area contributed by atoms with Crippen LogP contribution in [-0.4, -0.2) is 36.3 Å². The van der Waals surface area contributed by atoms with Gasteiger partial charge in [0, 0.05) is 30.4 Å². The van der Waals surface area contributed by atoms with Gasteiger partial charge in [-0.3, -0.25) is 4.18 Å². The van der Waals surface area contributed by atoms with Crippen molar-refractivity contribution in [2.45, 2.75) is 19.4 Å². The molecule has 0 radical (unpaired) electrons. The lowest BCUT2D eigenvalue weighted by Gasteiger charge is -2.00. The summed E-state index contributed by atoms with van der Waals surface area (Å²) in [6.07, 6.45) is 8.13. The largest absolute Gasteiger partial charge is 0.273 e. The normalized spacial score (nSPS) is 11.5. The molecule has 2 aromatic heterocycles. The molecule has 2 rings (SSSR count).